The molecule has 0 amide bonds. The maximum Gasteiger partial charge on any atom is 0.124 e. The molecule has 0 radical (unpaired) electrons. The van der Waals surface area contributed by atoms with Crippen LogP contribution in [0.1, 0.15) is 6.92 Å². The Bertz CT molecular complexity index is 793. The summed E-state index contributed by atoms with van der Waals surface area (Å²) in [5.74, 6) is 0. The summed E-state index contributed by atoms with van der Waals surface area (Å²) in [6.07, 6.45) is 5.49. The highest BCUT2D eigenvalue weighted by atomic mass is 28.3. The van der Waals surface area contributed by atoms with Gasteiger partial charge in [0.05, 0.1) is 25.4 Å². The normalized spacial score (nSPS) is 13.4. The number of rotatable bonds is 5. The second-order valence-electron chi connectivity index (χ2n) is 6.96. The van der Waals surface area contributed by atoms with E-state index in [1.54, 1.807) is 0 Å². The Morgan fingerprint density at radius 2 is 1.83 bits per heavy atom. The van der Waals surface area contributed by atoms with Crippen LogP contribution in [-0.2, 0) is 11.5 Å². The van der Waals surface area contributed by atoms with Crippen molar-refractivity contribution in [1.29, 1.82) is 0 Å². The molecule has 0 aliphatic rings. The van der Waals surface area contributed by atoms with Gasteiger partial charge in [-0.1, -0.05) is 25.7 Å². The molecule has 0 aliphatic carbocycles. The summed E-state index contributed by atoms with van der Waals surface area (Å²) in [5.41, 5.74) is 4.73. The maximum atomic E-state index is 6.08. The van der Waals surface area contributed by atoms with Crippen LogP contribution in [0.5, 0.6) is 0 Å². The SMILES string of the molecule is CC(OCn1cnc2ccc(-c3ccncc3)cc21)[Si](C)(C)C. The topological polar surface area (TPSA) is 39.9 Å². The molecule has 2 aromatic heterocycles. The van der Waals surface area contributed by atoms with Gasteiger partial charge in [0, 0.05) is 18.1 Å². The van der Waals surface area contributed by atoms with Crippen molar-refractivity contribution >= 4 is 19.1 Å². The second kappa shape index (κ2) is 6.26. The van der Waals surface area contributed by atoms with Gasteiger partial charge in [0.25, 0.3) is 0 Å². The zero-order chi connectivity index (χ0) is 16.4. The van der Waals surface area contributed by atoms with Gasteiger partial charge in [-0.05, 0) is 42.3 Å². The quantitative estimate of drug-likeness (QED) is 0.655. The van der Waals surface area contributed by atoms with Crippen LogP contribution in [0.15, 0.2) is 49.1 Å². The van der Waals surface area contributed by atoms with E-state index in [1.165, 1.54) is 5.56 Å². The number of hydrogen-bond acceptors (Lipinski definition) is 3. The lowest BCUT2D eigenvalue weighted by molar-refractivity contribution is 0.0589. The third kappa shape index (κ3) is 3.51. The van der Waals surface area contributed by atoms with Crippen molar-refractivity contribution in [3.63, 3.8) is 0 Å². The smallest absolute Gasteiger partial charge is 0.124 e. The lowest BCUT2D eigenvalue weighted by atomic mass is 10.1. The Morgan fingerprint density at radius 1 is 1.09 bits per heavy atom. The van der Waals surface area contributed by atoms with Crippen LogP contribution in [0, 0.1) is 0 Å². The molecule has 0 N–H and O–H groups in total. The van der Waals surface area contributed by atoms with Crippen LogP contribution < -0.4 is 0 Å². The third-order valence-corrected chi connectivity index (χ3v) is 6.92. The van der Waals surface area contributed by atoms with Gasteiger partial charge in [-0.3, -0.25) is 4.98 Å². The minimum atomic E-state index is -1.29. The van der Waals surface area contributed by atoms with Crippen molar-refractivity contribution in [2.75, 3.05) is 0 Å². The van der Waals surface area contributed by atoms with E-state index in [0.29, 0.717) is 12.5 Å². The average Bonchev–Trinajstić information content (AvgIpc) is 2.94. The highest BCUT2D eigenvalue weighted by Gasteiger charge is 2.23. The van der Waals surface area contributed by atoms with Crippen LogP contribution in [-0.4, -0.2) is 28.3 Å². The van der Waals surface area contributed by atoms with Crippen LogP contribution in [0.4, 0.5) is 0 Å². The van der Waals surface area contributed by atoms with Gasteiger partial charge in [-0.15, -0.1) is 0 Å². The van der Waals surface area contributed by atoms with Crippen molar-refractivity contribution in [1.82, 2.24) is 14.5 Å². The van der Waals surface area contributed by atoms with E-state index in [1.807, 2.05) is 30.9 Å². The van der Waals surface area contributed by atoms with Crippen LogP contribution in [0.2, 0.25) is 19.6 Å². The minimum Gasteiger partial charge on any atom is -0.361 e. The molecule has 0 spiro atoms. The van der Waals surface area contributed by atoms with Gasteiger partial charge < -0.3 is 9.30 Å². The number of benzene rings is 1. The fourth-order valence-electron chi connectivity index (χ4n) is 2.33. The summed E-state index contributed by atoms with van der Waals surface area (Å²) in [7, 11) is -1.29. The fraction of sp³-hybridized carbons (Fsp3) is 0.333. The van der Waals surface area contributed by atoms with E-state index in [-0.39, 0.29) is 0 Å². The molecule has 120 valence electrons. The van der Waals surface area contributed by atoms with Gasteiger partial charge in [-0.2, -0.15) is 0 Å². The monoisotopic (exact) mass is 325 g/mol. The molecule has 0 aliphatic heterocycles. The summed E-state index contributed by atoms with van der Waals surface area (Å²) in [5, 5.41) is 0. The first-order valence-corrected chi connectivity index (χ1v) is 11.5. The molecule has 3 rings (SSSR count). The number of pyridine rings is 1. The number of nitrogens with zero attached hydrogens (tertiary/aromatic N) is 3. The van der Waals surface area contributed by atoms with Crippen molar-refractivity contribution in [3.8, 4) is 11.1 Å². The summed E-state index contributed by atoms with van der Waals surface area (Å²) < 4.78 is 8.16. The lowest BCUT2D eigenvalue weighted by Crippen LogP contribution is -2.38. The van der Waals surface area contributed by atoms with Crippen LogP contribution in [0.25, 0.3) is 22.2 Å². The Kier molecular flexibility index (Phi) is 4.32. The first kappa shape index (κ1) is 15.9. The van der Waals surface area contributed by atoms with E-state index in [0.717, 1.165) is 16.6 Å². The molecule has 4 nitrogen and oxygen atoms in total. The number of aromatic nitrogens is 3. The van der Waals surface area contributed by atoms with E-state index in [9.17, 15) is 0 Å². The lowest BCUT2D eigenvalue weighted by Gasteiger charge is -2.25. The summed E-state index contributed by atoms with van der Waals surface area (Å²) in [6.45, 7) is 9.69. The summed E-state index contributed by atoms with van der Waals surface area (Å²) >= 11 is 0. The van der Waals surface area contributed by atoms with Crippen LogP contribution >= 0.6 is 0 Å². The largest absolute Gasteiger partial charge is 0.361 e. The van der Waals surface area contributed by atoms with Crippen LogP contribution in [0.3, 0.4) is 0 Å². The molecule has 1 atom stereocenters. The molecule has 2 heterocycles. The molecular formula is C18H23N3OSi. The zero-order valence-electron chi connectivity index (χ0n) is 14.2. The third-order valence-electron chi connectivity index (χ3n) is 4.32. The van der Waals surface area contributed by atoms with Crippen molar-refractivity contribution in [2.45, 2.75) is 39.0 Å². The molecule has 23 heavy (non-hydrogen) atoms. The Balaban J connectivity index is 1.87. The Labute approximate surface area is 138 Å². The van der Waals surface area contributed by atoms with Gasteiger partial charge >= 0.3 is 0 Å². The number of hydrogen-bond donors (Lipinski definition) is 0. The molecular weight excluding hydrogens is 302 g/mol. The molecule has 1 aromatic carbocycles. The highest BCUT2D eigenvalue weighted by Crippen LogP contribution is 2.24. The molecule has 0 bridgehead atoms. The maximum absolute atomic E-state index is 6.08. The Morgan fingerprint density at radius 3 is 2.52 bits per heavy atom. The molecule has 5 heteroatoms. The first-order valence-electron chi connectivity index (χ1n) is 7.92. The average molecular weight is 325 g/mol. The predicted octanol–water partition coefficient (Wildman–Crippen LogP) is 4.34. The van der Waals surface area contributed by atoms with E-state index >= 15 is 0 Å². The fourth-order valence-corrected chi connectivity index (χ4v) is 2.90. The zero-order valence-corrected chi connectivity index (χ0v) is 15.2. The van der Waals surface area contributed by atoms with E-state index in [4.69, 9.17) is 4.74 Å². The predicted molar refractivity (Wildman–Crippen MR) is 96.9 cm³/mol. The molecule has 1 unspecified atom stereocenters. The van der Waals surface area contributed by atoms with Gasteiger partial charge in [0.1, 0.15) is 6.73 Å². The van der Waals surface area contributed by atoms with E-state index < -0.39 is 8.07 Å². The van der Waals surface area contributed by atoms with Crippen molar-refractivity contribution in [2.24, 2.45) is 0 Å². The van der Waals surface area contributed by atoms with Gasteiger partial charge in [0.15, 0.2) is 0 Å². The number of ether oxygens (including phenoxy) is 1. The summed E-state index contributed by atoms with van der Waals surface area (Å²) in [4.78, 5) is 8.55. The second-order valence-corrected chi connectivity index (χ2v) is 12.5. The number of fused-ring (bicyclic) bond motifs is 1. The van der Waals surface area contributed by atoms with Gasteiger partial charge in [-0.25, -0.2) is 4.98 Å². The minimum absolute atomic E-state index is 0.309. The van der Waals surface area contributed by atoms with E-state index in [2.05, 4.69) is 59.3 Å². The number of imidazole rings is 1. The summed E-state index contributed by atoms with van der Waals surface area (Å²) in [6, 6.07) is 10.4. The molecule has 0 saturated heterocycles. The van der Waals surface area contributed by atoms with Gasteiger partial charge in [0.2, 0.25) is 0 Å². The highest BCUT2D eigenvalue weighted by molar-refractivity contribution is 6.77. The van der Waals surface area contributed by atoms with Crippen molar-refractivity contribution < 1.29 is 4.74 Å². The molecule has 3 aromatic rings. The van der Waals surface area contributed by atoms with Crippen molar-refractivity contribution in [3.05, 3.63) is 49.1 Å². The first-order chi connectivity index (χ1) is 10.9. The Hall–Kier alpha value is -1.98. The standard InChI is InChI=1S/C18H23N3OSi/c1-14(23(2,3)4)22-13-21-12-20-17-6-5-16(11-18(17)21)15-7-9-19-10-8-15/h5-12,14H,13H2,1-4H3. The molecule has 0 fully saturated rings. The molecule has 0 saturated carbocycles.